The van der Waals surface area contributed by atoms with Crippen molar-refractivity contribution < 1.29 is 14.3 Å². The molecule has 27 heavy (non-hydrogen) atoms. The van der Waals surface area contributed by atoms with Gasteiger partial charge in [0.25, 0.3) is 0 Å². The number of likely N-dealkylation sites (N-methyl/N-ethyl adjacent to an activating group) is 1. The molecular formula is C20H38N4O3. The van der Waals surface area contributed by atoms with Crippen molar-refractivity contribution in [3.63, 3.8) is 0 Å². The van der Waals surface area contributed by atoms with Crippen molar-refractivity contribution in [1.29, 1.82) is 0 Å². The number of piperidine rings is 1. The summed E-state index contributed by atoms with van der Waals surface area (Å²) < 4.78 is 11.0. The van der Waals surface area contributed by atoms with E-state index in [1.54, 1.807) is 0 Å². The van der Waals surface area contributed by atoms with E-state index in [9.17, 15) is 4.79 Å². The van der Waals surface area contributed by atoms with Crippen LogP contribution < -0.4 is 0 Å². The second-order valence-corrected chi connectivity index (χ2v) is 8.64. The number of likely N-dealkylation sites (tertiary alicyclic amines) is 1. The molecule has 3 aliphatic heterocycles. The molecule has 0 bridgehead atoms. The van der Waals surface area contributed by atoms with Crippen LogP contribution in [0.2, 0.25) is 0 Å². The summed E-state index contributed by atoms with van der Waals surface area (Å²) in [6.45, 7) is 15.8. The van der Waals surface area contributed by atoms with Crippen LogP contribution in [0.25, 0.3) is 0 Å². The number of carbonyl (C=O) groups excluding carboxylic acids is 1. The second-order valence-electron chi connectivity index (χ2n) is 8.64. The molecule has 3 aliphatic rings. The molecule has 0 radical (unpaired) electrons. The van der Waals surface area contributed by atoms with E-state index < -0.39 is 0 Å². The molecule has 0 unspecified atom stereocenters. The van der Waals surface area contributed by atoms with Crippen LogP contribution >= 0.6 is 0 Å². The van der Waals surface area contributed by atoms with Crippen LogP contribution in [0.4, 0.5) is 0 Å². The molecule has 0 aliphatic carbocycles. The molecule has 0 aromatic carbocycles. The average Bonchev–Trinajstić information content (AvgIpc) is 2.69. The average molecular weight is 383 g/mol. The first-order valence-corrected chi connectivity index (χ1v) is 10.7. The van der Waals surface area contributed by atoms with Gasteiger partial charge < -0.3 is 19.3 Å². The molecule has 3 rings (SSSR count). The molecule has 0 saturated carbocycles. The van der Waals surface area contributed by atoms with Crippen molar-refractivity contribution in [3.05, 3.63) is 0 Å². The fraction of sp³-hybridized carbons (Fsp3) is 0.950. The van der Waals surface area contributed by atoms with Gasteiger partial charge in [-0.3, -0.25) is 14.6 Å². The number of hydrogen-bond donors (Lipinski definition) is 0. The van der Waals surface area contributed by atoms with E-state index >= 15 is 0 Å². The summed E-state index contributed by atoms with van der Waals surface area (Å²) in [6, 6.07) is 0. The van der Waals surface area contributed by atoms with Crippen molar-refractivity contribution in [1.82, 2.24) is 19.6 Å². The molecule has 0 aromatic rings. The molecule has 156 valence electrons. The van der Waals surface area contributed by atoms with Gasteiger partial charge in [0.05, 0.1) is 18.6 Å². The van der Waals surface area contributed by atoms with Crippen LogP contribution in [-0.2, 0) is 14.3 Å². The van der Waals surface area contributed by atoms with Gasteiger partial charge in [-0.25, -0.2) is 0 Å². The van der Waals surface area contributed by atoms with E-state index in [1.165, 1.54) is 26.2 Å². The van der Waals surface area contributed by atoms with Crippen LogP contribution in [-0.4, -0.2) is 124 Å². The maximum Gasteiger partial charge on any atom is 0.311 e. The number of morpholine rings is 1. The smallest absolute Gasteiger partial charge is 0.311 e. The largest absolute Gasteiger partial charge is 0.464 e. The highest BCUT2D eigenvalue weighted by Gasteiger charge is 2.38. The summed E-state index contributed by atoms with van der Waals surface area (Å²) in [7, 11) is 2.20. The molecule has 3 heterocycles. The standard InChI is InChI=1S/C20H38N4O3/c1-20(19(25)27-18-15-24-13-16-26-17-14-24)3-5-22(6-4-20)11-12-23-9-7-21(2)8-10-23/h3-18H2,1-2H3. The van der Waals surface area contributed by atoms with Crippen LogP contribution in [0.3, 0.4) is 0 Å². The van der Waals surface area contributed by atoms with Crippen molar-refractivity contribution in [2.45, 2.75) is 19.8 Å². The third-order valence-corrected chi connectivity index (χ3v) is 6.53. The highest BCUT2D eigenvalue weighted by atomic mass is 16.5. The first-order chi connectivity index (χ1) is 13.0. The number of ether oxygens (including phenoxy) is 2. The number of hydrogen-bond acceptors (Lipinski definition) is 7. The monoisotopic (exact) mass is 382 g/mol. The van der Waals surface area contributed by atoms with Gasteiger partial charge in [-0.2, -0.15) is 0 Å². The fourth-order valence-corrected chi connectivity index (χ4v) is 4.10. The van der Waals surface area contributed by atoms with Gasteiger partial charge >= 0.3 is 5.97 Å². The van der Waals surface area contributed by atoms with Gasteiger partial charge in [0.1, 0.15) is 6.61 Å². The molecule has 0 aromatic heterocycles. The van der Waals surface area contributed by atoms with E-state index in [2.05, 4.69) is 33.6 Å². The van der Waals surface area contributed by atoms with E-state index in [-0.39, 0.29) is 11.4 Å². The van der Waals surface area contributed by atoms with Gasteiger partial charge in [-0.1, -0.05) is 0 Å². The zero-order valence-corrected chi connectivity index (χ0v) is 17.3. The fourth-order valence-electron chi connectivity index (χ4n) is 4.10. The lowest BCUT2D eigenvalue weighted by Gasteiger charge is -2.39. The van der Waals surface area contributed by atoms with Gasteiger partial charge in [-0.05, 0) is 39.9 Å². The minimum atomic E-state index is -0.310. The summed E-state index contributed by atoms with van der Waals surface area (Å²) in [4.78, 5) is 22.4. The number of piperazine rings is 1. The number of esters is 1. The van der Waals surface area contributed by atoms with Crippen LogP contribution in [0.1, 0.15) is 19.8 Å². The predicted octanol–water partition coefficient (Wildman–Crippen LogP) is 0.211. The number of nitrogens with zero attached hydrogens (tertiary/aromatic N) is 4. The Kier molecular flexibility index (Phi) is 7.90. The van der Waals surface area contributed by atoms with Crippen molar-refractivity contribution in [2.75, 3.05) is 98.9 Å². The summed E-state index contributed by atoms with van der Waals surface area (Å²) in [6.07, 6.45) is 1.82. The second kappa shape index (κ2) is 10.2. The highest BCUT2D eigenvalue weighted by Crippen LogP contribution is 2.32. The summed E-state index contributed by atoms with van der Waals surface area (Å²) in [5, 5.41) is 0. The SMILES string of the molecule is CN1CCN(CCN2CCC(C)(C(=O)OCCN3CCOCC3)CC2)CC1. The zero-order valence-electron chi connectivity index (χ0n) is 17.3. The Balaban J connectivity index is 1.31. The molecule has 3 saturated heterocycles. The maximum absolute atomic E-state index is 12.6. The lowest BCUT2D eigenvalue weighted by atomic mass is 9.80. The molecule has 0 N–H and O–H groups in total. The topological polar surface area (TPSA) is 48.5 Å². The van der Waals surface area contributed by atoms with Crippen molar-refractivity contribution in [3.8, 4) is 0 Å². The Bertz CT molecular complexity index is 454. The highest BCUT2D eigenvalue weighted by molar-refractivity contribution is 5.76. The Labute approximate surface area is 164 Å². The maximum atomic E-state index is 12.6. The van der Waals surface area contributed by atoms with Gasteiger partial charge in [-0.15, -0.1) is 0 Å². The molecular weight excluding hydrogens is 344 g/mol. The zero-order chi connectivity index (χ0) is 19.1. The summed E-state index contributed by atoms with van der Waals surface area (Å²) in [5.74, 6) is -0.00511. The molecule has 7 nitrogen and oxygen atoms in total. The Morgan fingerprint density at radius 1 is 0.852 bits per heavy atom. The molecule has 0 amide bonds. The van der Waals surface area contributed by atoms with Gasteiger partial charge in [0, 0.05) is 58.9 Å². The Morgan fingerprint density at radius 2 is 1.41 bits per heavy atom. The van der Waals surface area contributed by atoms with Crippen LogP contribution in [0.15, 0.2) is 0 Å². The third-order valence-electron chi connectivity index (χ3n) is 6.53. The van der Waals surface area contributed by atoms with E-state index in [1.807, 2.05) is 0 Å². The molecule has 3 fully saturated rings. The van der Waals surface area contributed by atoms with E-state index in [0.717, 1.165) is 71.9 Å². The third kappa shape index (κ3) is 6.39. The summed E-state index contributed by atoms with van der Waals surface area (Å²) in [5.41, 5.74) is -0.310. The Morgan fingerprint density at radius 3 is 2.04 bits per heavy atom. The molecule has 0 atom stereocenters. The summed E-state index contributed by atoms with van der Waals surface area (Å²) >= 11 is 0. The van der Waals surface area contributed by atoms with E-state index in [4.69, 9.17) is 9.47 Å². The lowest BCUT2D eigenvalue weighted by molar-refractivity contribution is -0.158. The quantitative estimate of drug-likeness (QED) is 0.584. The molecule has 7 heteroatoms. The number of rotatable bonds is 7. The Hall–Kier alpha value is -0.730. The first-order valence-electron chi connectivity index (χ1n) is 10.7. The minimum absolute atomic E-state index is 0.00511. The number of carbonyl (C=O) groups is 1. The van der Waals surface area contributed by atoms with Crippen molar-refractivity contribution in [2.24, 2.45) is 5.41 Å². The first kappa shape index (κ1) is 21.0. The van der Waals surface area contributed by atoms with Crippen LogP contribution in [0, 0.1) is 5.41 Å². The van der Waals surface area contributed by atoms with Gasteiger partial charge in [0.2, 0.25) is 0 Å². The predicted molar refractivity (Wildman–Crippen MR) is 106 cm³/mol. The van der Waals surface area contributed by atoms with Crippen LogP contribution in [0.5, 0.6) is 0 Å². The lowest BCUT2D eigenvalue weighted by Crippen LogP contribution is -2.49. The van der Waals surface area contributed by atoms with Gasteiger partial charge in [0.15, 0.2) is 0 Å². The molecule has 0 spiro atoms. The minimum Gasteiger partial charge on any atom is -0.464 e. The normalized spacial score (nSPS) is 26.1. The van der Waals surface area contributed by atoms with E-state index in [0.29, 0.717) is 6.61 Å². The van der Waals surface area contributed by atoms with Crippen molar-refractivity contribution >= 4 is 5.97 Å².